The lowest BCUT2D eigenvalue weighted by Gasteiger charge is -2.19. The van der Waals surface area contributed by atoms with E-state index in [0.29, 0.717) is 36.5 Å². The third kappa shape index (κ3) is 4.44. The number of likely N-dealkylation sites (tertiary alicyclic amines) is 1. The van der Waals surface area contributed by atoms with Crippen molar-refractivity contribution in [1.29, 1.82) is 0 Å². The Kier molecular flexibility index (Phi) is 6.18. The van der Waals surface area contributed by atoms with Crippen molar-refractivity contribution >= 4 is 28.7 Å². The smallest absolute Gasteiger partial charge is 0.305 e. The fourth-order valence-electron chi connectivity index (χ4n) is 3.27. The number of nitrogens with one attached hydrogen (secondary N) is 2. The van der Waals surface area contributed by atoms with Crippen LogP contribution in [0.15, 0.2) is 22.6 Å². The number of benzene rings is 1. The monoisotopic (exact) mass is 387 g/mol. The Balaban J connectivity index is 1.62. The minimum Gasteiger partial charge on any atom is -0.494 e. The summed E-state index contributed by atoms with van der Waals surface area (Å²) in [6, 6.07) is 5.34. The van der Waals surface area contributed by atoms with Gasteiger partial charge in [-0.2, -0.15) is 0 Å². The molecule has 0 saturated carbocycles. The Morgan fingerprint density at radius 3 is 2.82 bits per heavy atom. The summed E-state index contributed by atoms with van der Waals surface area (Å²) in [5.74, 6) is -0.216. The van der Waals surface area contributed by atoms with Gasteiger partial charge < -0.3 is 14.1 Å². The van der Waals surface area contributed by atoms with E-state index in [0.717, 1.165) is 24.6 Å². The van der Waals surface area contributed by atoms with Gasteiger partial charge in [0.15, 0.2) is 5.76 Å². The molecule has 0 unspecified atom stereocenters. The van der Waals surface area contributed by atoms with Gasteiger partial charge in [-0.05, 0) is 44.9 Å². The van der Waals surface area contributed by atoms with Crippen molar-refractivity contribution in [2.75, 3.05) is 19.7 Å². The molecule has 0 spiro atoms. The number of furan rings is 1. The van der Waals surface area contributed by atoms with E-state index in [4.69, 9.17) is 9.15 Å². The fourth-order valence-corrected chi connectivity index (χ4v) is 3.27. The molecule has 3 rings (SSSR count). The van der Waals surface area contributed by atoms with Crippen molar-refractivity contribution in [3.63, 3.8) is 0 Å². The average molecular weight is 387 g/mol. The van der Waals surface area contributed by atoms with E-state index in [9.17, 15) is 14.4 Å². The highest BCUT2D eigenvalue weighted by Gasteiger charge is 2.21. The zero-order chi connectivity index (χ0) is 20.1. The molecule has 0 radical (unpaired) electrons. The Morgan fingerprint density at radius 1 is 1.21 bits per heavy atom. The quantitative estimate of drug-likeness (QED) is 0.767. The van der Waals surface area contributed by atoms with E-state index in [-0.39, 0.29) is 18.2 Å². The van der Waals surface area contributed by atoms with Crippen molar-refractivity contribution in [2.45, 2.75) is 39.5 Å². The SMILES string of the molecule is CCOc1ccc2oc(C(=O)NNC(=O)CN3CCCCCC3=O)c(C)c2c1. The number of hydrogen-bond donors (Lipinski definition) is 2. The Labute approximate surface area is 163 Å². The second kappa shape index (κ2) is 8.77. The van der Waals surface area contributed by atoms with E-state index >= 15 is 0 Å². The summed E-state index contributed by atoms with van der Waals surface area (Å²) in [6.07, 6.45) is 3.18. The van der Waals surface area contributed by atoms with Gasteiger partial charge in [-0.3, -0.25) is 25.2 Å². The van der Waals surface area contributed by atoms with E-state index < -0.39 is 11.8 Å². The zero-order valence-electron chi connectivity index (χ0n) is 16.2. The highest BCUT2D eigenvalue weighted by Crippen LogP contribution is 2.28. The molecule has 2 aromatic rings. The van der Waals surface area contributed by atoms with E-state index in [2.05, 4.69) is 10.9 Å². The molecule has 2 heterocycles. The summed E-state index contributed by atoms with van der Waals surface area (Å²) in [4.78, 5) is 38.0. The molecular formula is C20H25N3O5. The molecule has 1 aliphatic rings. The number of carbonyl (C=O) groups is 3. The average Bonchev–Trinajstić information content (AvgIpc) is 2.87. The molecule has 8 nitrogen and oxygen atoms in total. The maximum atomic E-state index is 12.4. The van der Waals surface area contributed by atoms with Crippen molar-refractivity contribution in [3.8, 4) is 5.75 Å². The van der Waals surface area contributed by atoms with Crippen molar-refractivity contribution in [1.82, 2.24) is 15.8 Å². The number of nitrogens with zero attached hydrogens (tertiary/aromatic N) is 1. The van der Waals surface area contributed by atoms with Crippen LogP contribution in [0.5, 0.6) is 5.75 Å². The number of amides is 3. The molecule has 2 N–H and O–H groups in total. The van der Waals surface area contributed by atoms with Gasteiger partial charge in [0.2, 0.25) is 5.91 Å². The van der Waals surface area contributed by atoms with E-state index in [1.54, 1.807) is 19.1 Å². The Bertz CT molecular complexity index is 889. The first-order valence-corrected chi connectivity index (χ1v) is 9.52. The van der Waals surface area contributed by atoms with Crippen molar-refractivity contribution in [3.05, 3.63) is 29.5 Å². The molecule has 28 heavy (non-hydrogen) atoms. The number of carbonyl (C=O) groups excluding carboxylic acids is 3. The molecule has 0 bridgehead atoms. The van der Waals surface area contributed by atoms with Gasteiger partial charge in [0, 0.05) is 23.9 Å². The van der Waals surface area contributed by atoms with Gasteiger partial charge in [-0.25, -0.2) is 0 Å². The first-order chi connectivity index (χ1) is 13.5. The van der Waals surface area contributed by atoms with Crippen LogP contribution >= 0.6 is 0 Å². The van der Waals surface area contributed by atoms with Gasteiger partial charge in [-0.1, -0.05) is 6.42 Å². The predicted octanol–water partition coefficient (Wildman–Crippen LogP) is 2.30. The van der Waals surface area contributed by atoms with Gasteiger partial charge in [0.05, 0.1) is 6.61 Å². The number of rotatable bonds is 5. The maximum absolute atomic E-state index is 12.4. The van der Waals surface area contributed by atoms with Crippen LogP contribution in [-0.4, -0.2) is 42.3 Å². The standard InChI is InChI=1S/C20H25N3O5/c1-3-27-14-8-9-16-15(11-14)13(2)19(28-16)20(26)22-21-17(24)12-23-10-6-4-5-7-18(23)25/h8-9,11H,3-7,10,12H2,1-2H3,(H,21,24)(H,22,26). The van der Waals surface area contributed by atoms with Gasteiger partial charge in [0.25, 0.3) is 5.91 Å². The van der Waals surface area contributed by atoms with Crippen LogP contribution in [0.1, 0.15) is 48.7 Å². The van der Waals surface area contributed by atoms with Gasteiger partial charge in [0.1, 0.15) is 17.9 Å². The maximum Gasteiger partial charge on any atom is 0.305 e. The van der Waals surface area contributed by atoms with Crippen LogP contribution in [0, 0.1) is 6.92 Å². The van der Waals surface area contributed by atoms with Crippen LogP contribution in [0.4, 0.5) is 0 Å². The lowest BCUT2D eigenvalue weighted by molar-refractivity contribution is -0.135. The third-order valence-corrected chi connectivity index (χ3v) is 4.75. The van der Waals surface area contributed by atoms with Crippen molar-refractivity contribution in [2.24, 2.45) is 0 Å². The molecule has 1 aromatic heterocycles. The van der Waals surface area contributed by atoms with Gasteiger partial charge in [-0.15, -0.1) is 0 Å². The molecule has 1 aliphatic heterocycles. The largest absolute Gasteiger partial charge is 0.494 e. The molecule has 8 heteroatoms. The zero-order valence-corrected chi connectivity index (χ0v) is 16.2. The Hall–Kier alpha value is -3.03. The van der Waals surface area contributed by atoms with Crippen LogP contribution < -0.4 is 15.6 Å². The van der Waals surface area contributed by atoms with Crippen LogP contribution in [-0.2, 0) is 9.59 Å². The topological polar surface area (TPSA) is 101 Å². The second-order valence-corrected chi connectivity index (χ2v) is 6.78. The summed E-state index contributed by atoms with van der Waals surface area (Å²) in [5.41, 5.74) is 5.94. The summed E-state index contributed by atoms with van der Waals surface area (Å²) in [7, 11) is 0. The number of hydrogen-bond acceptors (Lipinski definition) is 5. The second-order valence-electron chi connectivity index (χ2n) is 6.78. The lowest BCUT2D eigenvalue weighted by atomic mass is 10.1. The molecule has 3 amide bonds. The van der Waals surface area contributed by atoms with Crippen molar-refractivity contribution < 1.29 is 23.5 Å². The Morgan fingerprint density at radius 2 is 2.04 bits per heavy atom. The molecule has 1 aromatic carbocycles. The number of fused-ring (bicyclic) bond motifs is 1. The number of aryl methyl sites for hydroxylation is 1. The van der Waals surface area contributed by atoms with E-state index in [1.807, 2.05) is 13.0 Å². The molecule has 1 saturated heterocycles. The minimum absolute atomic E-state index is 0.0304. The third-order valence-electron chi connectivity index (χ3n) is 4.75. The first-order valence-electron chi connectivity index (χ1n) is 9.52. The summed E-state index contributed by atoms with van der Waals surface area (Å²) >= 11 is 0. The van der Waals surface area contributed by atoms with Gasteiger partial charge >= 0.3 is 5.91 Å². The molecule has 1 fully saturated rings. The highest BCUT2D eigenvalue weighted by atomic mass is 16.5. The van der Waals surface area contributed by atoms with E-state index in [1.165, 1.54) is 4.90 Å². The highest BCUT2D eigenvalue weighted by molar-refractivity contribution is 6.00. The number of ether oxygens (including phenoxy) is 1. The summed E-state index contributed by atoms with van der Waals surface area (Å²) < 4.78 is 11.1. The normalized spacial score (nSPS) is 14.6. The molecule has 0 atom stereocenters. The predicted molar refractivity (Wildman–Crippen MR) is 103 cm³/mol. The first kappa shape index (κ1) is 19.7. The number of hydrazine groups is 1. The van der Waals surface area contributed by atoms with Crippen LogP contribution in [0.3, 0.4) is 0 Å². The summed E-state index contributed by atoms with van der Waals surface area (Å²) in [6.45, 7) is 4.70. The lowest BCUT2D eigenvalue weighted by Crippen LogP contribution is -2.47. The van der Waals surface area contributed by atoms with Crippen LogP contribution in [0.25, 0.3) is 11.0 Å². The minimum atomic E-state index is -0.554. The fraction of sp³-hybridized carbons (Fsp3) is 0.450. The molecular weight excluding hydrogens is 362 g/mol. The molecule has 0 aliphatic carbocycles. The summed E-state index contributed by atoms with van der Waals surface area (Å²) in [5, 5.41) is 0.776. The molecule has 150 valence electrons. The van der Waals surface area contributed by atoms with Crippen LogP contribution in [0.2, 0.25) is 0 Å².